The molecule has 0 unspecified atom stereocenters. The van der Waals surface area contributed by atoms with Crippen molar-refractivity contribution in [3.8, 4) is 34.2 Å². The van der Waals surface area contributed by atoms with Gasteiger partial charge in [0.25, 0.3) is 0 Å². The summed E-state index contributed by atoms with van der Waals surface area (Å²) in [5.41, 5.74) is 7.69. The molecule has 5 aromatic rings. The molecule has 1 fully saturated rings. The van der Waals surface area contributed by atoms with Crippen molar-refractivity contribution >= 4 is 11.3 Å². The van der Waals surface area contributed by atoms with E-state index in [1.807, 2.05) is 42.0 Å². The first-order valence-electron chi connectivity index (χ1n) is 12.7. The third-order valence-electron chi connectivity index (χ3n) is 7.25. The molecule has 8 heteroatoms. The Bertz CT molecular complexity index is 1620. The zero-order valence-electron chi connectivity index (χ0n) is 21.6. The fraction of sp³-hybridized carbons (Fsp3) is 0.233. The Morgan fingerprint density at radius 2 is 1.71 bits per heavy atom. The van der Waals surface area contributed by atoms with Crippen LogP contribution in [0, 0.1) is 11.3 Å². The van der Waals surface area contributed by atoms with Gasteiger partial charge in [-0.15, -0.1) is 0 Å². The fourth-order valence-corrected chi connectivity index (χ4v) is 5.22. The van der Waals surface area contributed by atoms with Gasteiger partial charge in [-0.1, -0.05) is 30.3 Å². The molecule has 0 spiro atoms. The van der Waals surface area contributed by atoms with Crippen LogP contribution in [-0.4, -0.2) is 57.4 Å². The lowest BCUT2D eigenvalue weighted by Gasteiger charge is -2.36. The molecule has 1 saturated heterocycles. The minimum Gasteiger partial charge on any atom is -0.496 e. The molecule has 4 heterocycles. The Balaban J connectivity index is 1.23. The number of piperazine rings is 1. The van der Waals surface area contributed by atoms with E-state index in [1.165, 1.54) is 11.3 Å². The van der Waals surface area contributed by atoms with Crippen molar-refractivity contribution in [3.05, 3.63) is 90.5 Å². The molecule has 0 N–H and O–H groups in total. The highest BCUT2D eigenvalue weighted by Gasteiger charge is 2.19. The van der Waals surface area contributed by atoms with Crippen LogP contribution in [0.15, 0.2) is 79.3 Å². The van der Waals surface area contributed by atoms with Gasteiger partial charge in [0.1, 0.15) is 23.2 Å². The number of nitrogens with zero attached hydrogens (tertiary/aromatic N) is 7. The molecule has 0 atom stereocenters. The zero-order chi connectivity index (χ0) is 26.1. The number of ether oxygens (including phenoxy) is 1. The predicted molar refractivity (Wildman–Crippen MR) is 148 cm³/mol. The lowest BCUT2D eigenvalue weighted by atomic mass is 10.0. The zero-order valence-corrected chi connectivity index (χ0v) is 21.6. The van der Waals surface area contributed by atoms with E-state index in [9.17, 15) is 5.26 Å². The largest absolute Gasteiger partial charge is 0.496 e. The first-order chi connectivity index (χ1) is 18.6. The molecule has 0 saturated carbocycles. The topological polar surface area (TPSA) is 74.6 Å². The smallest absolute Gasteiger partial charge is 0.145 e. The summed E-state index contributed by atoms with van der Waals surface area (Å²) < 4.78 is 9.24. The van der Waals surface area contributed by atoms with Crippen LogP contribution in [0.25, 0.3) is 28.0 Å². The van der Waals surface area contributed by atoms with Gasteiger partial charge in [0.05, 0.1) is 25.2 Å². The average molecular weight is 504 g/mol. The van der Waals surface area contributed by atoms with Crippen molar-refractivity contribution in [2.24, 2.45) is 7.05 Å². The lowest BCUT2D eigenvalue weighted by molar-refractivity contribution is 0.246. The van der Waals surface area contributed by atoms with E-state index < -0.39 is 0 Å². The van der Waals surface area contributed by atoms with E-state index in [4.69, 9.17) is 4.74 Å². The summed E-state index contributed by atoms with van der Waals surface area (Å²) in [5.74, 6) is 0.949. The molecular formula is C30H29N7O. The van der Waals surface area contributed by atoms with Crippen LogP contribution >= 0.6 is 0 Å². The summed E-state index contributed by atoms with van der Waals surface area (Å²) in [5, 5.41) is 14.0. The quantitative estimate of drug-likeness (QED) is 0.337. The van der Waals surface area contributed by atoms with Crippen molar-refractivity contribution < 1.29 is 4.74 Å². The maximum atomic E-state index is 9.70. The molecule has 1 aliphatic heterocycles. The summed E-state index contributed by atoms with van der Waals surface area (Å²) in [7, 11) is 3.64. The molecule has 0 aliphatic carbocycles. The number of benzene rings is 2. The molecule has 1 aliphatic rings. The SMILES string of the molecule is COc1ccccc1CN1CCN(c2ccc(-c3cc(-c4cnn(C)c4)cc4ncc(C#N)n34)cc2)CC1. The van der Waals surface area contributed by atoms with E-state index in [-0.39, 0.29) is 0 Å². The molecule has 3 aromatic heterocycles. The van der Waals surface area contributed by atoms with Gasteiger partial charge in [-0.2, -0.15) is 10.4 Å². The number of aryl methyl sites for hydroxylation is 1. The van der Waals surface area contributed by atoms with Crippen LogP contribution in [0.4, 0.5) is 5.69 Å². The second-order valence-electron chi connectivity index (χ2n) is 9.60. The minimum atomic E-state index is 0.517. The highest BCUT2D eigenvalue weighted by Crippen LogP contribution is 2.31. The van der Waals surface area contributed by atoms with Gasteiger partial charge in [0, 0.05) is 62.8 Å². The fourth-order valence-electron chi connectivity index (χ4n) is 5.22. The standard InChI is InChI=1S/C30H29N7O/c1-34-20-25(18-33-34)24-15-28(37-27(17-31)19-32-30(37)16-24)22-7-9-26(10-8-22)36-13-11-35(12-14-36)21-23-5-3-4-6-29(23)38-2/h3-10,15-16,18-20H,11-14,21H2,1-2H3. The van der Waals surface area contributed by atoms with E-state index in [0.29, 0.717) is 5.69 Å². The van der Waals surface area contributed by atoms with Crippen LogP contribution in [0.5, 0.6) is 5.75 Å². The minimum absolute atomic E-state index is 0.517. The number of hydrogen-bond acceptors (Lipinski definition) is 6. The number of fused-ring (bicyclic) bond motifs is 1. The Morgan fingerprint density at radius 1 is 0.921 bits per heavy atom. The number of para-hydroxylation sites is 1. The molecule has 0 amide bonds. The first kappa shape index (κ1) is 23.8. The molecule has 6 rings (SSSR count). The molecule has 190 valence electrons. The normalized spacial score (nSPS) is 14.1. The molecule has 2 aromatic carbocycles. The molecule has 8 nitrogen and oxygen atoms in total. The van der Waals surface area contributed by atoms with Gasteiger partial charge in [-0.05, 0) is 41.5 Å². The maximum Gasteiger partial charge on any atom is 0.145 e. The van der Waals surface area contributed by atoms with Crippen LogP contribution in [0.1, 0.15) is 11.3 Å². The highest BCUT2D eigenvalue weighted by molar-refractivity contribution is 5.76. The second kappa shape index (κ2) is 10.0. The van der Waals surface area contributed by atoms with Crippen molar-refractivity contribution in [3.63, 3.8) is 0 Å². The van der Waals surface area contributed by atoms with Crippen LogP contribution in [-0.2, 0) is 13.6 Å². The predicted octanol–water partition coefficient (Wildman–Crippen LogP) is 4.60. The van der Waals surface area contributed by atoms with Gasteiger partial charge in [0.2, 0.25) is 0 Å². The number of methoxy groups -OCH3 is 1. The molecular weight excluding hydrogens is 474 g/mol. The van der Waals surface area contributed by atoms with E-state index in [1.54, 1.807) is 18.0 Å². The number of nitriles is 1. The lowest BCUT2D eigenvalue weighted by Crippen LogP contribution is -2.46. The maximum absolute atomic E-state index is 9.70. The number of pyridine rings is 1. The number of rotatable bonds is 6. The van der Waals surface area contributed by atoms with E-state index >= 15 is 0 Å². The Hall–Kier alpha value is -4.61. The van der Waals surface area contributed by atoms with Gasteiger partial charge in [-0.3, -0.25) is 14.0 Å². The van der Waals surface area contributed by atoms with E-state index in [0.717, 1.165) is 66.5 Å². The van der Waals surface area contributed by atoms with Crippen LogP contribution in [0.2, 0.25) is 0 Å². The Morgan fingerprint density at radius 3 is 2.42 bits per heavy atom. The van der Waals surface area contributed by atoms with Gasteiger partial charge >= 0.3 is 0 Å². The number of aromatic nitrogens is 4. The third kappa shape index (κ3) is 4.49. The number of hydrogen-bond donors (Lipinski definition) is 0. The summed E-state index contributed by atoms with van der Waals surface area (Å²) in [6, 6.07) is 23.3. The summed E-state index contributed by atoms with van der Waals surface area (Å²) >= 11 is 0. The molecule has 0 radical (unpaired) electrons. The average Bonchev–Trinajstić information content (AvgIpc) is 3.59. The van der Waals surface area contributed by atoms with Crippen molar-refractivity contribution in [1.82, 2.24) is 24.1 Å². The Labute approximate surface area is 221 Å². The second-order valence-corrected chi connectivity index (χ2v) is 9.60. The van der Waals surface area contributed by atoms with Crippen LogP contribution in [0.3, 0.4) is 0 Å². The van der Waals surface area contributed by atoms with Gasteiger partial charge in [0.15, 0.2) is 0 Å². The van der Waals surface area contributed by atoms with Crippen LogP contribution < -0.4 is 9.64 Å². The van der Waals surface area contributed by atoms with Crippen molar-refractivity contribution in [1.29, 1.82) is 5.26 Å². The Kier molecular flexibility index (Phi) is 6.28. The third-order valence-corrected chi connectivity index (χ3v) is 7.25. The summed E-state index contributed by atoms with van der Waals surface area (Å²) in [6.07, 6.45) is 5.46. The van der Waals surface area contributed by atoms with Crippen molar-refractivity contribution in [2.75, 3.05) is 38.2 Å². The molecule has 38 heavy (non-hydrogen) atoms. The highest BCUT2D eigenvalue weighted by atomic mass is 16.5. The molecule has 0 bridgehead atoms. The van der Waals surface area contributed by atoms with Gasteiger partial charge in [-0.25, -0.2) is 4.98 Å². The monoisotopic (exact) mass is 503 g/mol. The number of anilines is 1. The summed E-state index contributed by atoms with van der Waals surface area (Å²) in [6.45, 7) is 4.82. The van der Waals surface area contributed by atoms with Crippen molar-refractivity contribution in [2.45, 2.75) is 6.54 Å². The summed E-state index contributed by atoms with van der Waals surface area (Å²) in [4.78, 5) is 9.41. The number of imidazole rings is 1. The van der Waals surface area contributed by atoms with Gasteiger partial charge < -0.3 is 9.64 Å². The van der Waals surface area contributed by atoms with E-state index in [2.05, 4.69) is 68.4 Å². The first-order valence-corrected chi connectivity index (χ1v) is 12.7.